The van der Waals surface area contributed by atoms with E-state index < -0.39 is 10.0 Å². The van der Waals surface area contributed by atoms with Gasteiger partial charge in [0.15, 0.2) is 0 Å². The minimum Gasteiger partial charge on any atom is -0.460 e. The van der Waals surface area contributed by atoms with Gasteiger partial charge in [0, 0.05) is 17.2 Å². The molecule has 46 heavy (non-hydrogen) atoms. The third-order valence-corrected chi connectivity index (χ3v) is 9.19. The fourth-order valence-electron chi connectivity index (χ4n) is 3.50. The van der Waals surface area contributed by atoms with Crippen molar-refractivity contribution in [1.82, 2.24) is 4.72 Å². The lowest BCUT2D eigenvalue weighted by atomic mass is 9.84. The Hall–Kier alpha value is -2.71. The van der Waals surface area contributed by atoms with E-state index in [2.05, 4.69) is 80.9 Å². The van der Waals surface area contributed by atoms with Gasteiger partial charge in [-0.05, 0) is 90.7 Å². The molecule has 0 aromatic heterocycles. The number of carbonyl (C=O) groups excluding carboxylic acids is 1. The van der Waals surface area contributed by atoms with E-state index in [9.17, 15) is 13.2 Å². The Balaban J connectivity index is 0.000000336. The molecule has 2 aliphatic rings. The number of hydrogen-bond donors (Lipinski definition) is 1. The Labute approximate surface area is 281 Å². The molecule has 4 rings (SSSR count). The van der Waals surface area contributed by atoms with Gasteiger partial charge in [0.05, 0.1) is 11.2 Å². The molecule has 0 spiro atoms. The van der Waals surface area contributed by atoms with E-state index in [4.69, 9.17) is 9.57 Å². The summed E-state index contributed by atoms with van der Waals surface area (Å²) < 4.78 is 29.8. The average molecular weight is 659 g/mol. The van der Waals surface area contributed by atoms with Gasteiger partial charge in [0.2, 0.25) is 10.0 Å². The maximum absolute atomic E-state index is 11.1. The van der Waals surface area contributed by atoms with E-state index in [0.29, 0.717) is 5.41 Å². The molecule has 7 nitrogen and oxygen atoms in total. The molecule has 8 heteroatoms. The zero-order chi connectivity index (χ0) is 35.7. The van der Waals surface area contributed by atoms with E-state index in [1.54, 1.807) is 0 Å². The monoisotopic (exact) mass is 658 g/mol. The SMILES string of the molecule is CC(C)(C)ON=C1c2ccccc2-c2ccccc21.CC(C)C(=O)OC(C)(C)C.CC(C)C(C)(C)C.CC(C)NS(=O)(=O)C1CC1. The van der Waals surface area contributed by atoms with Gasteiger partial charge < -0.3 is 9.57 Å². The van der Waals surface area contributed by atoms with E-state index in [0.717, 1.165) is 35.6 Å². The zero-order valence-electron chi connectivity index (χ0n) is 31.2. The van der Waals surface area contributed by atoms with Crippen LogP contribution in [-0.2, 0) is 24.4 Å². The van der Waals surface area contributed by atoms with Crippen molar-refractivity contribution < 1.29 is 22.8 Å². The van der Waals surface area contributed by atoms with Crippen molar-refractivity contribution in [3.05, 3.63) is 59.7 Å². The minimum atomic E-state index is -2.94. The summed E-state index contributed by atoms with van der Waals surface area (Å²) in [4.78, 5) is 16.6. The zero-order valence-corrected chi connectivity index (χ0v) is 32.1. The molecular weight excluding hydrogens is 596 g/mol. The van der Waals surface area contributed by atoms with Crippen LogP contribution in [0.4, 0.5) is 0 Å². The molecule has 0 saturated heterocycles. The first-order valence-corrected chi connectivity index (χ1v) is 18.1. The molecule has 1 N–H and O–H groups in total. The van der Waals surface area contributed by atoms with Crippen molar-refractivity contribution in [2.75, 3.05) is 0 Å². The van der Waals surface area contributed by atoms with Crippen LogP contribution in [0.5, 0.6) is 0 Å². The lowest BCUT2D eigenvalue weighted by Crippen LogP contribution is -2.32. The van der Waals surface area contributed by atoms with Gasteiger partial charge >= 0.3 is 5.97 Å². The summed E-state index contributed by atoms with van der Waals surface area (Å²) in [6.45, 7) is 30.2. The molecule has 1 fully saturated rings. The number of oxime groups is 1. The van der Waals surface area contributed by atoms with Gasteiger partial charge in [-0.15, -0.1) is 0 Å². The first-order valence-electron chi connectivity index (χ1n) is 16.5. The minimum absolute atomic E-state index is 0.0285. The van der Waals surface area contributed by atoms with Crippen LogP contribution in [0.3, 0.4) is 0 Å². The molecule has 0 aliphatic heterocycles. The van der Waals surface area contributed by atoms with Crippen molar-refractivity contribution >= 4 is 21.7 Å². The van der Waals surface area contributed by atoms with Gasteiger partial charge in [-0.1, -0.05) is 102 Å². The number of nitrogens with one attached hydrogen (secondary N) is 1. The smallest absolute Gasteiger partial charge is 0.308 e. The van der Waals surface area contributed by atoms with Crippen LogP contribution >= 0.6 is 0 Å². The van der Waals surface area contributed by atoms with Crippen LogP contribution < -0.4 is 4.72 Å². The highest BCUT2D eigenvalue weighted by Gasteiger charge is 2.35. The predicted octanol–water partition coefficient (Wildman–Crippen LogP) is 9.38. The van der Waals surface area contributed by atoms with Crippen LogP contribution in [0.25, 0.3) is 11.1 Å². The summed E-state index contributed by atoms with van der Waals surface area (Å²) in [5.41, 5.74) is 5.56. The summed E-state index contributed by atoms with van der Waals surface area (Å²) in [6.07, 6.45) is 1.67. The number of esters is 1. The quantitative estimate of drug-likeness (QED) is 0.218. The molecule has 0 unspecified atom stereocenters. The molecule has 0 radical (unpaired) electrons. The first-order chi connectivity index (χ1) is 20.9. The van der Waals surface area contributed by atoms with E-state index in [-0.39, 0.29) is 34.4 Å². The Morgan fingerprint density at radius 1 is 0.739 bits per heavy atom. The number of rotatable bonds is 5. The molecule has 0 bridgehead atoms. The maximum atomic E-state index is 11.1. The Morgan fingerprint density at radius 3 is 1.39 bits per heavy atom. The Kier molecular flexibility index (Phi) is 15.2. The van der Waals surface area contributed by atoms with Crippen molar-refractivity contribution in [2.45, 2.75) is 139 Å². The number of sulfonamides is 1. The van der Waals surface area contributed by atoms with E-state index >= 15 is 0 Å². The molecular formula is C38H62N2O5S. The molecule has 2 aliphatic carbocycles. The largest absolute Gasteiger partial charge is 0.460 e. The topological polar surface area (TPSA) is 94.1 Å². The third-order valence-electron chi connectivity index (χ3n) is 7.04. The van der Waals surface area contributed by atoms with Gasteiger partial charge in [-0.25, -0.2) is 13.1 Å². The molecule has 0 heterocycles. The van der Waals surface area contributed by atoms with Gasteiger partial charge in [-0.2, -0.15) is 0 Å². The highest BCUT2D eigenvalue weighted by atomic mass is 32.2. The van der Waals surface area contributed by atoms with Crippen molar-refractivity contribution in [3.63, 3.8) is 0 Å². The van der Waals surface area contributed by atoms with E-state index in [1.807, 2.05) is 81.4 Å². The van der Waals surface area contributed by atoms with Crippen LogP contribution in [0.15, 0.2) is 53.7 Å². The predicted molar refractivity (Wildman–Crippen MR) is 194 cm³/mol. The molecule has 1 saturated carbocycles. The Bertz CT molecular complexity index is 1340. The average Bonchev–Trinajstić information content (AvgIpc) is 3.70. The highest BCUT2D eigenvalue weighted by molar-refractivity contribution is 7.90. The van der Waals surface area contributed by atoms with Crippen molar-refractivity contribution in [3.8, 4) is 11.1 Å². The second kappa shape index (κ2) is 16.9. The molecule has 0 atom stereocenters. The summed E-state index contributed by atoms with van der Waals surface area (Å²) in [5, 5.41) is 4.31. The lowest BCUT2D eigenvalue weighted by molar-refractivity contribution is -0.158. The number of nitrogens with zero attached hydrogens (tertiary/aromatic N) is 1. The third kappa shape index (κ3) is 15.3. The highest BCUT2D eigenvalue weighted by Crippen LogP contribution is 2.37. The molecule has 260 valence electrons. The molecule has 2 aromatic rings. The van der Waals surface area contributed by atoms with Crippen LogP contribution in [0.1, 0.15) is 128 Å². The first kappa shape index (κ1) is 41.3. The molecule has 0 amide bonds. The Morgan fingerprint density at radius 2 is 1.13 bits per heavy atom. The summed E-state index contributed by atoms with van der Waals surface area (Å²) in [5.74, 6) is 0.638. The number of ether oxygens (including phenoxy) is 1. The van der Waals surface area contributed by atoms with Crippen LogP contribution in [0.2, 0.25) is 0 Å². The maximum Gasteiger partial charge on any atom is 0.308 e. The van der Waals surface area contributed by atoms with Gasteiger partial charge in [-0.3, -0.25) is 4.79 Å². The normalized spacial score (nSPS) is 14.2. The number of carbonyl (C=O) groups is 1. The number of fused-ring (bicyclic) bond motifs is 3. The summed E-state index contributed by atoms with van der Waals surface area (Å²) in [7, 11) is -2.94. The van der Waals surface area contributed by atoms with E-state index in [1.165, 1.54) is 11.1 Å². The fraction of sp³-hybridized carbons (Fsp3) is 0.632. The standard InChI is InChI=1S/C17H17NO.C8H16O2.C7H16.C6H13NO2S/c1-17(2,3)19-18-16-14-10-6-4-8-12(14)13-9-5-7-11-15(13)16;1-6(2)7(9)10-8(3,4)5;1-6(2)7(3,4)5;1-5(2)7-10(8,9)6-3-4-6/h4-11H,1-3H3;6H,1-5H3;6H,1-5H3;5-7H,3-4H2,1-2H3. The fourth-order valence-corrected chi connectivity index (χ4v) is 5.10. The van der Waals surface area contributed by atoms with Gasteiger partial charge in [0.25, 0.3) is 0 Å². The number of benzene rings is 2. The lowest BCUT2D eigenvalue weighted by Gasteiger charge is -2.22. The van der Waals surface area contributed by atoms with Crippen LogP contribution in [0, 0.1) is 17.3 Å². The number of hydrogen-bond acceptors (Lipinski definition) is 6. The van der Waals surface area contributed by atoms with Crippen molar-refractivity contribution in [1.29, 1.82) is 0 Å². The van der Waals surface area contributed by atoms with Crippen molar-refractivity contribution in [2.24, 2.45) is 22.4 Å². The summed E-state index contributed by atoms with van der Waals surface area (Å²) in [6, 6.07) is 16.7. The summed E-state index contributed by atoms with van der Waals surface area (Å²) >= 11 is 0. The van der Waals surface area contributed by atoms with Crippen LogP contribution in [-0.4, -0.2) is 42.6 Å². The second-order valence-corrected chi connectivity index (χ2v) is 18.0. The second-order valence-electron chi connectivity index (χ2n) is 16.0. The molecule has 2 aromatic carbocycles. The van der Waals surface area contributed by atoms with Gasteiger partial charge in [0.1, 0.15) is 16.9 Å².